The number of rotatable bonds is 6. The van der Waals surface area contributed by atoms with Crippen LogP contribution in [0.15, 0.2) is 45.3 Å². The SMILES string of the molecule is COc1ccc(OC)c(CNC(=O)c2nc(-c3oc4c(C)cccc4c3C)no2)c1. The number of aromatic nitrogens is 2. The number of methoxy groups -OCH3 is 2. The normalized spacial score (nSPS) is 10.9. The van der Waals surface area contributed by atoms with Crippen molar-refractivity contribution in [2.24, 2.45) is 0 Å². The van der Waals surface area contributed by atoms with E-state index in [2.05, 4.69) is 15.5 Å². The molecule has 0 saturated heterocycles. The molecule has 1 amide bonds. The topological polar surface area (TPSA) is 99.6 Å². The lowest BCUT2D eigenvalue weighted by molar-refractivity contribution is 0.0906. The van der Waals surface area contributed by atoms with Crippen LogP contribution in [0.2, 0.25) is 0 Å². The van der Waals surface area contributed by atoms with Crippen molar-refractivity contribution in [2.75, 3.05) is 14.2 Å². The van der Waals surface area contributed by atoms with E-state index in [0.29, 0.717) is 17.3 Å². The molecule has 4 rings (SSSR count). The molecule has 0 aliphatic heterocycles. The fraction of sp³-hybridized carbons (Fsp3) is 0.227. The Morgan fingerprint density at radius 3 is 2.70 bits per heavy atom. The number of hydrogen-bond acceptors (Lipinski definition) is 7. The number of hydrogen-bond donors (Lipinski definition) is 1. The van der Waals surface area contributed by atoms with Gasteiger partial charge in [-0.05, 0) is 37.6 Å². The maximum Gasteiger partial charge on any atom is 0.316 e. The van der Waals surface area contributed by atoms with Crippen molar-refractivity contribution >= 4 is 16.9 Å². The number of fused-ring (bicyclic) bond motifs is 1. The summed E-state index contributed by atoms with van der Waals surface area (Å²) in [4.78, 5) is 16.7. The predicted octanol–water partition coefficient (Wildman–Crippen LogP) is 4.05. The van der Waals surface area contributed by atoms with Crippen molar-refractivity contribution in [3.63, 3.8) is 0 Å². The van der Waals surface area contributed by atoms with Gasteiger partial charge in [0.15, 0.2) is 5.76 Å². The molecule has 0 aliphatic carbocycles. The van der Waals surface area contributed by atoms with Crippen LogP contribution in [0, 0.1) is 13.8 Å². The molecule has 154 valence electrons. The van der Waals surface area contributed by atoms with E-state index < -0.39 is 5.91 Å². The van der Waals surface area contributed by atoms with Crippen LogP contribution in [-0.2, 0) is 6.54 Å². The number of ether oxygens (including phenoxy) is 2. The third kappa shape index (κ3) is 3.47. The number of carbonyl (C=O) groups is 1. The van der Waals surface area contributed by atoms with Gasteiger partial charge in [0.1, 0.15) is 17.1 Å². The summed E-state index contributed by atoms with van der Waals surface area (Å²) in [6.45, 7) is 4.10. The molecule has 2 aromatic carbocycles. The van der Waals surface area contributed by atoms with Crippen LogP contribution in [-0.4, -0.2) is 30.3 Å². The van der Waals surface area contributed by atoms with E-state index in [0.717, 1.165) is 27.7 Å². The molecule has 0 atom stereocenters. The standard InChI is InChI=1S/C22H21N3O5/c1-12-6-5-7-16-13(2)19(29-18(12)16)20-24-22(30-25-20)21(26)23-11-14-10-15(27-3)8-9-17(14)28-4/h5-10H,11H2,1-4H3,(H,23,26). The summed E-state index contributed by atoms with van der Waals surface area (Å²) in [6.07, 6.45) is 0. The van der Waals surface area contributed by atoms with Crippen molar-refractivity contribution in [2.45, 2.75) is 20.4 Å². The van der Waals surface area contributed by atoms with Gasteiger partial charge in [0, 0.05) is 23.1 Å². The first-order valence-corrected chi connectivity index (χ1v) is 9.33. The molecule has 30 heavy (non-hydrogen) atoms. The molecule has 1 N–H and O–H groups in total. The van der Waals surface area contributed by atoms with Crippen molar-refractivity contribution in [3.8, 4) is 23.1 Å². The summed E-state index contributed by atoms with van der Waals surface area (Å²) in [7, 11) is 3.14. The molecule has 8 nitrogen and oxygen atoms in total. The van der Waals surface area contributed by atoms with Crippen LogP contribution in [0.1, 0.15) is 27.4 Å². The molecule has 0 bridgehead atoms. The van der Waals surface area contributed by atoms with Gasteiger partial charge in [-0.3, -0.25) is 4.79 Å². The van der Waals surface area contributed by atoms with E-state index >= 15 is 0 Å². The molecule has 0 saturated carbocycles. The number of furan rings is 1. The second-order valence-corrected chi connectivity index (χ2v) is 6.79. The molecule has 0 spiro atoms. The van der Waals surface area contributed by atoms with Crippen LogP contribution in [0.4, 0.5) is 0 Å². The van der Waals surface area contributed by atoms with Gasteiger partial charge in [-0.1, -0.05) is 23.4 Å². The average molecular weight is 407 g/mol. The Morgan fingerprint density at radius 1 is 1.13 bits per heavy atom. The van der Waals surface area contributed by atoms with Crippen LogP contribution >= 0.6 is 0 Å². The number of carbonyl (C=O) groups excluding carboxylic acids is 1. The summed E-state index contributed by atoms with van der Waals surface area (Å²) in [5.41, 5.74) is 3.43. The van der Waals surface area contributed by atoms with Gasteiger partial charge in [-0.2, -0.15) is 4.98 Å². The molecule has 0 fully saturated rings. The van der Waals surface area contributed by atoms with Crippen LogP contribution in [0.25, 0.3) is 22.6 Å². The van der Waals surface area contributed by atoms with Gasteiger partial charge in [0.25, 0.3) is 0 Å². The summed E-state index contributed by atoms with van der Waals surface area (Å²) in [5, 5.41) is 7.66. The van der Waals surface area contributed by atoms with Gasteiger partial charge in [0.2, 0.25) is 5.82 Å². The van der Waals surface area contributed by atoms with Gasteiger partial charge in [-0.25, -0.2) is 0 Å². The third-order valence-electron chi connectivity index (χ3n) is 4.91. The molecule has 0 aliphatic rings. The lowest BCUT2D eigenvalue weighted by Crippen LogP contribution is -2.23. The zero-order valence-electron chi connectivity index (χ0n) is 17.1. The van der Waals surface area contributed by atoms with Crippen molar-refractivity contribution in [1.82, 2.24) is 15.5 Å². The minimum absolute atomic E-state index is 0.150. The second-order valence-electron chi connectivity index (χ2n) is 6.79. The molecule has 4 aromatic rings. The highest BCUT2D eigenvalue weighted by Gasteiger charge is 2.22. The zero-order valence-corrected chi connectivity index (χ0v) is 17.1. The summed E-state index contributed by atoms with van der Waals surface area (Å²) in [5.74, 6) is 1.36. The third-order valence-corrected chi connectivity index (χ3v) is 4.91. The molecule has 0 radical (unpaired) electrons. The fourth-order valence-electron chi connectivity index (χ4n) is 3.28. The highest BCUT2D eigenvalue weighted by molar-refractivity contribution is 5.91. The van der Waals surface area contributed by atoms with Crippen molar-refractivity contribution < 1.29 is 23.2 Å². The minimum Gasteiger partial charge on any atom is -0.497 e. The number of nitrogens with one attached hydrogen (secondary N) is 1. The van der Waals surface area contributed by atoms with Gasteiger partial charge in [0.05, 0.1) is 14.2 Å². The van der Waals surface area contributed by atoms with Crippen LogP contribution in [0.5, 0.6) is 11.5 Å². The molecule has 2 heterocycles. The Morgan fingerprint density at radius 2 is 1.97 bits per heavy atom. The molecular formula is C22H21N3O5. The highest BCUT2D eigenvalue weighted by atomic mass is 16.5. The van der Waals surface area contributed by atoms with E-state index in [1.54, 1.807) is 32.4 Å². The Bertz CT molecular complexity index is 1220. The van der Waals surface area contributed by atoms with Gasteiger partial charge in [-0.15, -0.1) is 0 Å². The Kier molecular flexibility index (Phi) is 5.14. The highest BCUT2D eigenvalue weighted by Crippen LogP contribution is 2.33. The zero-order chi connectivity index (χ0) is 21.3. The monoisotopic (exact) mass is 407 g/mol. The molecule has 8 heteroatoms. The van der Waals surface area contributed by atoms with Gasteiger partial charge >= 0.3 is 11.8 Å². The largest absolute Gasteiger partial charge is 0.497 e. The Labute approximate surface area is 172 Å². The number of nitrogens with zero attached hydrogens (tertiary/aromatic N) is 2. The first-order chi connectivity index (χ1) is 14.5. The number of amides is 1. The predicted molar refractivity (Wildman–Crippen MR) is 110 cm³/mol. The van der Waals surface area contributed by atoms with Crippen molar-refractivity contribution in [1.29, 1.82) is 0 Å². The maximum absolute atomic E-state index is 12.5. The fourth-order valence-corrected chi connectivity index (χ4v) is 3.28. The molecule has 2 aromatic heterocycles. The smallest absolute Gasteiger partial charge is 0.316 e. The average Bonchev–Trinajstić information content (AvgIpc) is 3.38. The first-order valence-electron chi connectivity index (χ1n) is 9.33. The summed E-state index contributed by atoms with van der Waals surface area (Å²) < 4.78 is 21.7. The van der Waals surface area contributed by atoms with Crippen molar-refractivity contribution in [3.05, 3.63) is 59.0 Å². The lowest BCUT2D eigenvalue weighted by Gasteiger charge is -2.10. The summed E-state index contributed by atoms with van der Waals surface area (Å²) in [6, 6.07) is 11.3. The Hall–Kier alpha value is -3.81. The molecular weight excluding hydrogens is 386 g/mol. The summed E-state index contributed by atoms with van der Waals surface area (Å²) >= 11 is 0. The van der Waals surface area contributed by atoms with Crippen LogP contribution in [0.3, 0.4) is 0 Å². The van der Waals surface area contributed by atoms with E-state index in [9.17, 15) is 4.79 Å². The molecule has 0 unspecified atom stereocenters. The number of para-hydroxylation sites is 1. The quantitative estimate of drug-likeness (QED) is 0.515. The first kappa shape index (κ1) is 19.5. The van der Waals surface area contributed by atoms with E-state index in [1.807, 2.05) is 32.0 Å². The minimum atomic E-state index is -0.497. The van der Waals surface area contributed by atoms with E-state index in [-0.39, 0.29) is 18.3 Å². The van der Waals surface area contributed by atoms with E-state index in [1.165, 1.54) is 0 Å². The van der Waals surface area contributed by atoms with Crippen LogP contribution < -0.4 is 14.8 Å². The second kappa shape index (κ2) is 7.90. The maximum atomic E-state index is 12.5. The Balaban J connectivity index is 1.54. The number of benzene rings is 2. The van der Waals surface area contributed by atoms with Gasteiger partial charge < -0.3 is 23.7 Å². The number of aryl methyl sites for hydroxylation is 2. The van der Waals surface area contributed by atoms with E-state index in [4.69, 9.17) is 18.4 Å². The lowest BCUT2D eigenvalue weighted by atomic mass is 10.1.